The van der Waals surface area contributed by atoms with Crippen LogP contribution in [0.1, 0.15) is 23.4 Å². The fourth-order valence-electron chi connectivity index (χ4n) is 1.68. The Morgan fingerprint density at radius 1 is 1.43 bits per heavy atom. The second-order valence-electron chi connectivity index (χ2n) is 4.29. The van der Waals surface area contributed by atoms with Crippen molar-refractivity contribution < 1.29 is 9.84 Å². The first-order valence-electron chi connectivity index (χ1n) is 6.51. The zero-order valence-electron chi connectivity index (χ0n) is 12.0. The molecule has 0 radical (unpaired) electrons. The lowest BCUT2D eigenvalue weighted by Gasteiger charge is -2.06. The van der Waals surface area contributed by atoms with E-state index < -0.39 is 0 Å². The van der Waals surface area contributed by atoms with Gasteiger partial charge in [0.05, 0.1) is 13.7 Å². The minimum absolute atomic E-state index is 0.0731. The average molecular weight is 303 g/mol. The minimum atomic E-state index is 0.0731. The number of thioether (sulfide) groups is 1. The third-order valence-electron chi connectivity index (χ3n) is 2.71. The van der Waals surface area contributed by atoms with Crippen LogP contribution in [0, 0.1) is 18.8 Å². The summed E-state index contributed by atoms with van der Waals surface area (Å²) in [5, 5.41) is 16.4. The van der Waals surface area contributed by atoms with E-state index in [-0.39, 0.29) is 6.61 Å². The van der Waals surface area contributed by atoms with Crippen molar-refractivity contribution >= 4 is 11.8 Å². The van der Waals surface area contributed by atoms with Gasteiger partial charge in [-0.1, -0.05) is 23.6 Å². The molecule has 0 atom stereocenters. The van der Waals surface area contributed by atoms with Crippen LogP contribution in [0.25, 0.3) is 0 Å². The molecule has 0 bridgehead atoms. The Bertz CT molecular complexity index is 658. The summed E-state index contributed by atoms with van der Waals surface area (Å²) in [5.74, 6) is 8.32. The molecule has 0 saturated heterocycles. The summed E-state index contributed by atoms with van der Waals surface area (Å²) in [7, 11) is 1.64. The highest BCUT2D eigenvalue weighted by molar-refractivity contribution is 7.98. The zero-order valence-corrected chi connectivity index (χ0v) is 12.8. The van der Waals surface area contributed by atoms with Gasteiger partial charge in [-0.05, 0) is 30.7 Å². The van der Waals surface area contributed by atoms with Gasteiger partial charge < -0.3 is 9.84 Å². The van der Waals surface area contributed by atoms with E-state index in [1.54, 1.807) is 18.9 Å². The zero-order chi connectivity index (χ0) is 15.1. The number of benzene rings is 1. The maximum Gasteiger partial charge on any atom is 0.208 e. The minimum Gasteiger partial charge on any atom is -0.497 e. The Labute approximate surface area is 128 Å². The Kier molecular flexibility index (Phi) is 5.67. The van der Waals surface area contributed by atoms with Gasteiger partial charge in [-0.3, -0.25) is 5.10 Å². The summed E-state index contributed by atoms with van der Waals surface area (Å²) >= 11 is 1.54. The number of H-pyrrole nitrogens is 1. The molecule has 21 heavy (non-hydrogen) atoms. The van der Waals surface area contributed by atoms with Gasteiger partial charge in [0.1, 0.15) is 11.6 Å². The number of hydrogen-bond donors (Lipinski definition) is 2. The number of nitrogens with zero attached hydrogens (tertiary/aromatic N) is 2. The number of nitrogens with one attached hydrogen (secondary N) is 1. The molecule has 1 aromatic heterocycles. The van der Waals surface area contributed by atoms with E-state index in [4.69, 9.17) is 9.84 Å². The van der Waals surface area contributed by atoms with Crippen LogP contribution in [0.3, 0.4) is 0 Å². The second-order valence-corrected chi connectivity index (χ2v) is 5.23. The van der Waals surface area contributed by atoms with Crippen molar-refractivity contribution in [3.05, 3.63) is 35.2 Å². The molecule has 0 spiro atoms. The van der Waals surface area contributed by atoms with Gasteiger partial charge in [0.25, 0.3) is 0 Å². The number of aryl methyl sites for hydroxylation is 1. The molecule has 0 aliphatic heterocycles. The van der Waals surface area contributed by atoms with Crippen LogP contribution in [-0.4, -0.2) is 34.0 Å². The lowest BCUT2D eigenvalue weighted by Crippen LogP contribution is -1.92. The van der Waals surface area contributed by atoms with Crippen molar-refractivity contribution in [1.29, 1.82) is 0 Å². The number of methoxy groups -OCH3 is 1. The standard InChI is InChI=1S/C15H17N3O2S/c1-11-16-15(18-17-11)21-10-13-9-14(20-2)7-6-12(13)5-3-4-8-19/h6-7,9,19H,4,8,10H2,1-2H3,(H,16,17,18). The SMILES string of the molecule is COc1ccc(C#CCCO)c(CSc2n[nH]c(C)n2)c1. The highest BCUT2D eigenvalue weighted by Gasteiger charge is 2.06. The molecular formula is C15H17N3O2S. The molecule has 0 fully saturated rings. The number of rotatable bonds is 5. The van der Waals surface area contributed by atoms with Gasteiger partial charge in [-0.2, -0.15) is 0 Å². The quantitative estimate of drug-likeness (QED) is 0.654. The van der Waals surface area contributed by atoms with E-state index in [0.717, 1.165) is 22.7 Å². The summed E-state index contributed by atoms with van der Waals surface area (Å²) in [6, 6.07) is 5.78. The molecule has 1 heterocycles. The third-order valence-corrected chi connectivity index (χ3v) is 3.60. The van der Waals surface area contributed by atoms with Crippen molar-refractivity contribution in [2.24, 2.45) is 0 Å². The highest BCUT2D eigenvalue weighted by Crippen LogP contribution is 2.24. The maximum atomic E-state index is 8.80. The van der Waals surface area contributed by atoms with E-state index in [1.165, 1.54) is 0 Å². The van der Waals surface area contributed by atoms with Gasteiger partial charge in [0, 0.05) is 17.7 Å². The van der Waals surface area contributed by atoms with E-state index in [1.807, 2.05) is 25.1 Å². The van der Waals surface area contributed by atoms with Crippen molar-refractivity contribution in [1.82, 2.24) is 15.2 Å². The predicted molar refractivity (Wildman–Crippen MR) is 82.3 cm³/mol. The first-order valence-corrected chi connectivity index (χ1v) is 7.50. The fourth-order valence-corrected chi connectivity index (χ4v) is 2.52. The summed E-state index contributed by atoms with van der Waals surface area (Å²) in [6.45, 7) is 1.94. The van der Waals surface area contributed by atoms with Crippen LogP contribution in [0.5, 0.6) is 5.75 Å². The summed E-state index contributed by atoms with van der Waals surface area (Å²) in [4.78, 5) is 4.27. The van der Waals surface area contributed by atoms with Gasteiger partial charge in [0.15, 0.2) is 0 Å². The van der Waals surface area contributed by atoms with Gasteiger partial charge in [-0.25, -0.2) is 4.98 Å². The fraction of sp³-hybridized carbons (Fsp3) is 0.333. The topological polar surface area (TPSA) is 71.0 Å². The lowest BCUT2D eigenvalue weighted by molar-refractivity contribution is 0.305. The highest BCUT2D eigenvalue weighted by atomic mass is 32.2. The summed E-state index contributed by atoms with van der Waals surface area (Å²) < 4.78 is 5.26. The molecule has 110 valence electrons. The maximum absolute atomic E-state index is 8.80. The lowest BCUT2D eigenvalue weighted by atomic mass is 10.1. The Morgan fingerprint density at radius 3 is 2.95 bits per heavy atom. The van der Waals surface area contributed by atoms with Crippen LogP contribution >= 0.6 is 11.8 Å². The Hall–Kier alpha value is -1.97. The molecule has 2 N–H and O–H groups in total. The number of ether oxygens (including phenoxy) is 1. The first kappa shape index (κ1) is 15.4. The molecule has 5 nitrogen and oxygen atoms in total. The molecule has 0 aliphatic carbocycles. The third kappa shape index (κ3) is 4.52. The molecule has 2 rings (SSSR count). The molecule has 0 saturated carbocycles. The van der Waals surface area contributed by atoms with E-state index in [0.29, 0.717) is 17.3 Å². The normalized spacial score (nSPS) is 10.0. The van der Waals surface area contributed by atoms with Gasteiger partial charge in [-0.15, -0.1) is 5.10 Å². The second kappa shape index (κ2) is 7.72. The van der Waals surface area contributed by atoms with Crippen LogP contribution in [0.4, 0.5) is 0 Å². The summed E-state index contributed by atoms with van der Waals surface area (Å²) in [6.07, 6.45) is 0.471. The number of aliphatic hydroxyl groups is 1. The molecular weight excluding hydrogens is 286 g/mol. The molecule has 0 aliphatic rings. The van der Waals surface area contributed by atoms with E-state index >= 15 is 0 Å². The largest absolute Gasteiger partial charge is 0.497 e. The van der Waals surface area contributed by atoms with Gasteiger partial charge in [0.2, 0.25) is 5.16 Å². The molecule has 1 aromatic carbocycles. The Morgan fingerprint density at radius 2 is 2.29 bits per heavy atom. The van der Waals surface area contributed by atoms with Crippen molar-refractivity contribution in [2.45, 2.75) is 24.3 Å². The van der Waals surface area contributed by atoms with Crippen LogP contribution in [0.15, 0.2) is 23.4 Å². The average Bonchev–Trinajstić information content (AvgIpc) is 2.92. The number of aromatic nitrogens is 3. The van der Waals surface area contributed by atoms with Crippen LogP contribution in [-0.2, 0) is 5.75 Å². The van der Waals surface area contributed by atoms with Gasteiger partial charge >= 0.3 is 0 Å². The molecule has 0 unspecified atom stereocenters. The number of aromatic amines is 1. The van der Waals surface area contributed by atoms with Crippen molar-refractivity contribution in [3.63, 3.8) is 0 Å². The molecule has 2 aromatic rings. The smallest absolute Gasteiger partial charge is 0.208 e. The summed E-state index contributed by atoms with van der Waals surface area (Å²) in [5.41, 5.74) is 2.00. The number of aliphatic hydroxyl groups excluding tert-OH is 1. The van der Waals surface area contributed by atoms with E-state index in [9.17, 15) is 0 Å². The van der Waals surface area contributed by atoms with E-state index in [2.05, 4.69) is 27.0 Å². The molecule has 6 heteroatoms. The van der Waals surface area contributed by atoms with Crippen LogP contribution < -0.4 is 4.74 Å². The monoisotopic (exact) mass is 303 g/mol. The van der Waals surface area contributed by atoms with Crippen molar-refractivity contribution in [3.8, 4) is 17.6 Å². The van der Waals surface area contributed by atoms with Crippen molar-refractivity contribution in [2.75, 3.05) is 13.7 Å². The first-order chi connectivity index (χ1) is 10.2. The molecule has 0 amide bonds. The Balaban J connectivity index is 2.16. The number of hydrogen-bond acceptors (Lipinski definition) is 5. The predicted octanol–water partition coefficient (Wildman–Crippen LogP) is 2.15. The van der Waals surface area contributed by atoms with Crippen LogP contribution in [0.2, 0.25) is 0 Å².